The summed E-state index contributed by atoms with van der Waals surface area (Å²) < 4.78 is 0. The molecule has 1 heterocycles. The molecule has 0 bridgehead atoms. The number of para-hydroxylation sites is 1. The molecule has 2 aromatic carbocycles. The van der Waals surface area contributed by atoms with E-state index in [0.717, 1.165) is 5.56 Å². The Bertz CT molecular complexity index is 940. The zero-order valence-corrected chi connectivity index (χ0v) is 15.1. The number of nitrogens with zero attached hydrogens (tertiary/aromatic N) is 3. The van der Waals surface area contributed by atoms with Crippen LogP contribution in [0, 0.1) is 0 Å². The number of anilines is 1. The van der Waals surface area contributed by atoms with E-state index in [0.29, 0.717) is 23.5 Å². The van der Waals surface area contributed by atoms with Crippen LogP contribution in [0.1, 0.15) is 23.0 Å². The lowest BCUT2D eigenvalue weighted by molar-refractivity contribution is -0.121. The third-order valence-electron chi connectivity index (χ3n) is 4.12. The van der Waals surface area contributed by atoms with Gasteiger partial charge in [-0.1, -0.05) is 60.3 Å². The molecular weight excluding hydrogens is 356 g/mol. The van der Waals surface area contributed by atoms with Gasteiger partial charge in [0.15, 0.2) is 5.82 Å². The number of nitrogens with one attached hydrogen (secondary N) is 3. The second-order valence-electron chi connectivity index (χ2n) is 6.09. The Hall–Kier alpha value is -3.81. The van der Waals surface area contributed by atoms with E-state index < -0.39 is 0 Å². The molecule has 1 unspecified atom stereocenters. The molecule has 1 aromatic heterocycles. The maximum absolute atomic E-state index is 12.7. The fourth-order valence-corrected chi connectivity index (χ4v) is 2.79. The van der Waals surface area contributed by atoms with E-state index in [9.17, 15) is 9.59 Å². The first-order valence-electron chi connectivity index (χ1n) is 8.73. The van der Waals surface area contributed by atoms with Crippen molar-refractivity contribution in [2.45, 2.75) is 18.9 Å². The van der Waals surface area contributed by atoms with Gasteiger partial charge in [0.25, 0.3) is 0 Å². The van der Waals surface area contributed by atoms with Crippen molar-refractivity contribution in [1.29, 1.82) is 0 Å². The molecule has 0 aliphatic carbocycles. The highest BCUT2D eigenvalue weighted by molar-refractivity contribution is 5.99. The number of aromatic amines is 1. The maximum Gasteiger partial charge on any atom is 0.247 e. The summed E-state index contributed by atoms with van der Waals surface area (Å²) in [6.07, 6.45) is 1.71. The second kappa shape index (κ2) is 9.22. The normalized spacial score (nSPS) is 11.4. The van der Waals surface area contributed by atoms with Crippen molar-refractivity contribution in [3.05, 3.63) is 84.2 Å². The third kappa shape index (κ3) is 5.10. The molecule has 28 heavy (non-hydrogen) atoms. The number of aromatic nitrogens is 4. The Morgan fingerprint density at radius 2 is 1.86 bits per heavy atom. The molecule has 0 aliphatic heterocycles. The summed E-state index contributed by atoms with van der Waals surface area (Å²) in [6.45, 7) is 3.44. The summed E-state index contributed by atoms with van der Waals surface area (Å²) >= 11 is 0. The number of carbonyl (C=O) groups excluding carboxylic acids is 2. The van der Waals surface area contributed by atoms with E-state index in [1.807, 2.05) is 36.4 Å². The monoisotopic (exact) mass is 376 g/mol. The van der Waals surface area contributed by atoms with Gasteiger partial charge in [-0.05, 0) is 23.3 Å². The zero-order chi connectivity index (χ0) is 19.8. The lowest BCUT2D eigenvalue weighted by Gasteiger charge is -2.18. The maximum atomic E-state index is 12.7. The minimum atomic E-state index is -0.327. The van der Waals surface area contributed by atoms with Crippen molar-refractivity contribution < 1.29 is 9.59 Å². The van der Waals surface area contributed by atoms with Crippen molar-refractivity contribution in [1.82, 2.24) is 25.9 Å². The number of tetrazole rings is 1. The predicted molar refractivity (Wildman–Crippen MR) is 104 cm³/mol. The van der Waals surface area contributed by atoms with Gasteiger partial charge in [-0.3, -0.25) is 9.59 Å². The van der Waals surface area contributed by atoms with Gasteiger partial charge in [0.2, 0.25) is 11.8 Å². The standard InChI is InChI=1S/C20H20N6O2/c1-2-19(27)21-16-11-7-6-10-15(16)12-20(28)22-17(13-18-23-25-26-24-18)14-8-4-3-5-9-14/h2-11,17H,1,12-13H2,(H,21,27)(H,22,28)(H,23,24,25,26). The lowest BCUT2D eigenvalue weighted by Crippen LogP contribution is -2.31. The van der Waals surface area contributed by atoms with Crippen LogP contribution in [-0.4, -0.2) is 32.4 Å². The van der Waals surface area contributed by atoms with Crippen molar-refractivity contribution in [2.75, 3.05) is 5.32 Å². The number of H-pyrrole nitrogens is 1. The molecule has 0 fully saturated rings. The van der Waals surface area contributed by atoms with E-state index in [1.54, 1.807) is 18.2 Å². The molecule has 2 amide bonds. The molecule has 8 nitrogen and oxygen atoms in total. The Morgan fingerprint density at radius 1 is 1.11 bits per heavy atom. The Balaban J connectivity index is 1.74. The van der Waals surface area contributed by atoms with Gasteiger partial charge in [-0.25, -0.2) is 0 Å². The van der Waals surface area contributed by atoms with Crippen molar-refractivity contribution in [2.24, 2.45) is 0 Å². The van der Waals surface area contributed by atoms with Gasteiger partial charge in [0.1, 0.15) is 0 Å². The van der Waals surface area contributed by atoms with Crippen LogP contribution in [0.2, 0.25) is 0 Å². The molecular formula is C20H20N6O2. The number of hydrogen-bond donors (Lipinski definition) is 3. The molecule has 3 rings (SSSR count). The van der Waals surface area contributed by atoms with Gasteiger partial charge < -0.3 is 10.6 Å². The summed E-state index contributed by atoms with van der Waals surface area (Å²) in [4.78, 5) is 24.3. The highest BCUT2D eigenvalue weighted by Crippen LogP contribution is 2.19. The van der Waals surface area contributed by atoms with Crippen LogP contribution in [0.4, 0.5) is 5.69 Å². The SMILES string of the molecule is C=CC(=O)Nc1ccccc1CC(=O)NC(Cc1nn[nH]n1)c1ccccc1. The molecule has 142 valence electrons. The molecule has 3 N–H and O–H groups in total. The molecule has 0 radical (unpaired) electrons. The van der Waals surface area contributed by atoms with E-state index in [-0.39, 0.29) is 24.3 Å². The molecule has 0 aliphatic rings. The Labute approximate surface area is 162 Å². The lowest BCUT2D eigenvalue weighted by atomic mass is 10.0. The third-order valence-corrected chi connectivity index (χ3v) is 4.12. The Morgan fingerprint density at radius 3 is 2.57 bits per heavy atom. The molecule has 3 aromatic rings. The average Bonchev–Trinajstić information content (AvgIpc) is 3.22. The fraction of sp³-hybridized carbons (Fsp3) is 0.150. The Kier molecular flexibility index (Phi) is 6.25. The predicted octanol–water partition coefficient (Wildman–Crippen LogP) is 1.97. The fourth-order valence-electron chi connectivity index (χ4n) is 2.79. The summed E-state index contributed by atoms with van der Waals surface area (Å²) in [5.74, 6) is -0.00224. The van der Waals surface area contributed by atoms with E-state index in [1.165, 1.54) is 6.08 Å². The first kappa shape index (κ1) is 19.0. The first-order chi connectivity index (χ1) is 13.7. The number of amides is 2. The minimum absolute atomic E-state index is 0.114. The number of carbonyl (C=O) groups is 2. The largest absolute Gasteiger partial charge is 0.349 e. The first-order valence-corrected chi connectivity index (χ1v) is 8.73. The number of rotatable bonds is 8. The van der Waals surface area contributed by atoms with Gasteiger partial charge >= 0.3 is 0 Å². The van der Waals surface area contributed by atoms with Crippen LogP contribution in [0.3, 0.4) is 0 Å². The van der Waals surface area contributed by atoms with E-state index in [4.69, 9.17) is 0 Å². The van der Waals surface area contributed by atoms with E-state index >= 15 is 0 Å². The number of hydrogen-bond acceptors (Lipinski definition) is 5. The van der Waals surface area contributed by atoms with Gasteiger partial charge in [0.05, 0.1) is 12.5 Å². The van der Waals surface area contributed by atoms with Crippen LogP contribution >= 0.6 is 0 Å². The van der Waals surface area contributed by atoms with Crippen LogP contribution < -0.4 is 10.6 Å². The quantitative estimate of drug-likeness (QED) is 0.520. The van der Waals surface area contributed by atoms with Crippen molar-refractivity contribution >= 4 is 17.5 Å². The molecule has 0 spiro atoms. The van der Waals surface area contributed by atoms with Crippen LogP contribution in [0.25, 0.3) is 0 Å². The second-order valence-corrected chi connectivity index (χ2v) is 6.09. The number of benzene rings is 2. The van der Waals surface area contributed by atoms with Crippen LogP contribution in [0.15, 0.2) is 67.3 Å². The minimum Gasteiger partial charge on any atom is -0.349 e. The van der Waals surface area contributed by atoms with Gasteiger partial charge in [0, 0.05) is 12.1 Å². The summed E-state index contributed by atoms with van der Waals surface area (Å²) in [7, 11) is 0. The zero-order valence-electron chi connectivity index (χ0n) is 15.1. The summed E-state index contributed by atoms with van der Waals surface area (Å²) in [5, 5.41) is 19.7. The highest BCUT2D eigenvalue weighted by atomic mass is 16.2. The average molecular weight is 376 g/mol. The van der Waals surface area contributed by atoms with E-state index in [2.05, 4.69) is 37.8 Å². The van der Waals surface area contributed by atoms with Gasteiger partial charge in [-0.2, -0.15) is 5.21 Å². The van der Waals surface area contributed by atoms with Crippen molar-refractivity contribution in [3.63, 3.8) is 0 Å². The summed E-state index contributed by atoms with van der Waals surface area (Å²) in [5.41, 5.74) is 2.23. The van der Waals surface area contributed by atoms with Gasteiger partial charge in [-0.15, -0.1) is 10.2 Å². The van der Waals surface area contributed by atoms with Crippen LogP contribution in [0.5, 0.6) is 0 Å². The molecule has 1 atom stereocenters. The van der Waals surface area contributed by atoms with Crippen molar-refractivity contribution in [3.8, 4) is 0 Å². The molecule has 0 saturated carbocycles. The topological polar surface area (TPSA) is 113 Å². The van der Waals surface area contributed by atoms with Crippen LogP contribution in [-0.2, 0) is 22.4 Å². The highest BCUT2D eigenvalue weighted by Gasteiger charge is 2.18. The smallest absolute Gasteiger partial charge is 0.247 e. The molecule has 0 saturated heterocycles. The summed E-state index contributed by atoms with van der Waals surface area (Å²) in [6, 6.07) is 16.5. The molecule has 8 heteroatoms.